The molecule has 0 spiro atoms. The predicted octanol–water partition coefficient (Wildman–Crippen LogP) is 5.45. The number of nitrogens with zero attached hydrogens (tertiary/aromatic N) is 3. The molecule has 6 nitrogen and oxygen atoms in total. The lowest BCUT2D eigenvalue weighted by molar-refractivity contribution is -0.121. The Hall–Kier alpha value is -3.85. The summed E-state index contributed by atoms with van der Waals surface area (Å²) in [4.78, 5) is 25.3. The van der Waals surface area contributed by atoms with E-state index in [4.69, 9.17) is 0 Å². The molecule has 0 radical (unpaired) electrons. The lowest BCUT2D eigenvalue weighted by Crippen LogP contribution is -2.32. The smallest absolute Gasteiger partial charge is 0.221 e. The van der Waals surface area contributed by atoms with Gasteiger partial charge in [0, 0.05) is 31.2 Å². The second kappa shape index (κ2) is 12.4. The lowest BCUT2D eigenvalue weighted by atomic mass is 10.0. The number of carbonyl (C=O) groups excluding carboxylic acids is 2. The minimum absolute atomic E-state index is 0.00190. The highest BCUT2D eigenvalue weighted by Crippen LogP contribution is 2.25. The van der Waals surface area contributed by atoms with Crippen molar-refractivity contribution in [2.75, 3.05) is 0 Å². The van der Waals surface area contributed by atoms with Gasteiger partial charge in [0.2, 0.25) is 5.91 Å². The lowest BCUT2D eigenvalue weighted by Gasteiger charge is -2.18. The van der Waals surface area contributed by atoms with Crippen LogP contribution in [0.15, 0.2) is 84.0 Å². The monoisotopic (exact) mass is 520 g/mol. The van der Waals surface area contributed by atoms with Gasteiger partial charge >= 0.3 is 0 Å². The van der Waals surface area contributed by atoms with Crippen molar-refractivity contribution in [1.29, 1.82) is 0 Å². The number of hydrogen-bond donors (Lipinski definition) is 1. The van der Waals surface area contributed by atoms with E-state index in [1.54, 1.807) is 29.8 Å². The molecule has 9 heteroatoms. The number of Topliss-reactive ketones (excluding diaryl/α,β-unsaturated/α-hetero) is 1. The molecule has 0 saturated heterocycles. The SMILES string of the molecule is Cn1c(SCc2ccccc2F)nnc1C(Cc1ccccc1)NC(=O)CCC(=O)c1ccc(F)cc1. The molecule has 0 bridgehead atoms. The van der Waals surface area contributed by atoms with Crippen LogP contribution in [-0.2, 0) is 24.0 Å². The van der Waals surface area contributed by atoms with E-state index in [0.717, 1.165) is 5.56 Å². The maximum Gasteiger partial charge on any atom is 0.221 e. The third kappa shape index (κ3) is 7.10. The van der Waals surface area contributed by atoms with Crippen molar-refractivity contribution in [2.45, 2.75) is 36.2 Å². The number of ketones is 1. The Kier molecular flexibility index (Phi) is 8.79. The molecule has 1 amide bonds. The molecule has 0 aliphatic carbocycles. The largest absolute Gasteiger partial charge is 0.346 e. The summed E-state index contributed by atoms with van der Waals surface area (Å²) in [5.41, 5.74) is 1.93. The number of carbonyl (C=O) groups is 2. The molecular weight excluding hydrogens is 494 g/mol. The van der Waals surface area contributed by atoms with Crippen molar-refractivity contribution in [1.82, 2.24) is 20.1 Å². The van der Waals surface area contributed by atoms with E-state index in [0.29, 0.717) is 34.3 Å². The first-order valence-electron chi connectivity index (χ1n) is 11.8. The summed E-state index contributed by atoms with van der Waals surface area (Å²) in [5.74, 6) is -0.298. The van der Waals surface area contributed by atoms with E-state index in [1.165, 1.54) is 42.1 Å². The summed E-state index contributed by atoms with van der Waals surface area (Å²) < 4.78 is 28.9. The average Bonchev–Trinajstić information content (AvgIpc) is 3.27. The molecule has 4 rings (SSSR count). The molecule has 1 N–H and O–H groups in total. The van der Waals surface area contributed by atoms with Crippen LogP contribution in [0, 0.1) is 11.6 Å². The molecule has 1 atom stereocenters. The van der Waals surface area contributed by atoms with Gasteiger partial charge in [0.15, 0.2) is 16.8 Å². The maximum atomic E-state index is 14.0. The molecule has 190 valence electrons. The summed E-state index contributed by atoms with van der Waals surface area (Å²) in [6, 6.07) is 21.0. The summed E-state index contributed by atoms with van der Waals surface area (Å²) in [5, 5.41) is 12.2. The number of benzene rings is 3. The molecule has 4 aromatic rings. The Bertz CT molecular complexity index is 1360. The van der Waals surface area contributed by atoms with E-state index in [-0.39, 0.29) is 30.3 Å². The molecule has 1 aromatic heterocycles. The quantitative estimate of drug-likeness (QED) is 0.210. The van der Waals surface area contributed by atoms with Crippen LogP contribution in [0.5, 0.6) is 0 Å². The fraction of sp³-hybridized carbons (Fsp3) is 0.214. The van der Waals surface area contributed by atoms with Gasteiger partial charge in [-0.05, 0) is 47.9 Å². The zero-order chi connectivity index (χ0) is 26.2. The van der Waals surface area contributed by atoms with Gasteiger partial charge in [-0.15, -0.1) is 10.2 Å². The Morgan fingerprint density at radius 1 is 0.919 bits per heavy atom. The first kappa shape index (κ1) is 26.2. The zero-order valence-corrected chi connectivity index (χ0v) is 21.1. The van der Waals surface area contributed by atoms with E-state index < -0.39 is 11.9 Å². The predicted molar refractivity (Wildman–Crippen MR) is 138 cm³/mol. The number of halogens is 2. The van der Waals surface area contributed by atoms with Crippen molar-refractivity contribution in [3.05, 3.63) is 113 Å². The Morgan fingerprint density at radius 3 is 2.35 bits per heavy atom. The van der Waals surface area contributed by atoms with Crippen LogP contribution in [0.2, 0.25) is 0 Å². The van der Waals surface area contributed by atoms with Crippen molar-refractivity contribution < 1.29 is 18.4 Å². The first-order chi connectivity index (χ1) is 17.9. The van der Waals surface area contributed by atoms with Crippen molar-refractivity contribution in [2.24, 2.45) is 7.05 Å². The topological polar surface area (TPSA) is 76.9 Å². The van der Waals surface area contributed by atoms with E-state index in [1.807, 2.05) is 30.3 Å². The van der Waals surface area contributed by atoms with Crippen LogP contribution >= 0.6 is 11.8 Å². The number of nitrogens with one attached hydrogen (secondary N) is 1. The van der Waals surface area contributed by atoms with Gasteiger partial charge in [-0.25, -0.2) is 8.78 Å². The number of amides is 1. The Balaban J connectivity index is 1.45. The molecule has 1 unspecified atom stereocenters. The van der Waals surface area contributed by atoms with E-state index in [9.17, 15) is 18.4 Å². The average molecular weight is 521 g/mol. The summed E-state index contributed by atoms with van der Waals surface area (Å²) >= 11 is 1.36. The number of thioether (sulfide) groups is 1. The molecule has 0 aliphatic rings. The van der Waals surface area contributed by atoms with Crippen molar-refractivity contribution in [3.63, 3.8) is 0 Å². The number of aromatic nitrogens is 3. The minimum Gasteiger partial charge on any atom is -0.346 e. The normalized spacial score (nSPS) is 11.8. The minimum atomic E-state index is -0.490. The molecule has 37 heavy (non-hydrogen) atoms. The number of hydrogen-bond acceptors (Lipinski definition) is 5. The van der Waals surface area contributed by atoms with Crippen molar-refractivity contribution >= 4 is 23.5 Å². The van der Waals surface area contributed by atoms with Gasteiger partial charge < -0.3 is 9.88 Å². The fourth-order valence-electron chi connectivity index (χ4n) is 3.84. The molecule has 3 aromatic carbocycles. The highest BCUT2D eigenvalue weighted by atomic mass is 32.2. The van der Waals surface area contributed by atoms with Gasteiger partial charge in [-0.2, -0.15) is 0 Å². The van der Waals surface area contributed by atoms with Crippen LogP contribution < -0.4 is 5.32 Å². The fourth-order valence-corrected chi connectivity index (χ4v) is 4.75. The Morgan fingerprint density at radius 2 is 1.62 bits per heavy atom. The van der Waals surface area contributed by atoms with E-state index in [2.05, 4.69) is 15.5 Å². The molecule has 0 saturated carbocycles. The van der Waals surface area contributed by atoms with Crippen LogP contribution in [0.4, 0.5) is 8.78 Å². The van der Waals surface area contributed by atoms with Gasteiger partial charge in [0.1, 0.15) is 11.6 Å². The third-order valence-electron chi connectivity index (χ3n) is 5.86. The van der Waals surface area contributed by atoms with Crippen LogP contribution in [0.3, 0.4) is 0 Å². The van der Waals surface area contributed by atoms with Gasteiger partial charge in [0.05, 0.1) is 6.04 Å². The Labute approximate surface area is 218 Å². The summed E-state index contributed by atoms with van der Waals surface area (Å²) in [6.45, 7) is 0. The van der Waals surface area contributed by atoms with Gasteiger partial charge in [0.25, 0.3) is 0 Å². The van der Waals surface area contributed by atoms with Crippen molar-refractivity contribution in [3.8, 4) is 0 Å². The molecule has 0 fully saturated rings. The molecular formula is C28H26F2N4O2S. The highest BCUT2D eigenvalue weighted by Gasteiger charge is 2.23. The van der Waals surface area contributed by atoms with Crippen LogP contribution in [0.1, 0.15) is 46.2 Å². The number of rotatable bonds is 11. The summed E-state index contributed by atoms with van der Waals surface area (Å²) in [7, 11) is 1.81. The van der Waals surface area contributed by atoms with E-state index >= 15 is 0 Å². The first-order valence-corrected chi connectivity index (χ1v) is 12.8. The second-order valence-corrected chi connectivity index (χ2v) is 9.46. The highest BCUT2D eigenvalue weighted by molar-refractivity contribution is 7.98. The third-order valence-corrected chi connectivity index (χ3v) is 6.93. The van der Waals surface area contributed by atoms with Gasteiger partial charge in [-0.3, -0.25) is 9.59 Å². The zero-order valence-electron chi connectivity index (χ0n) is 20.2. The van der Waals surface area contributed by atoms with Crippen LogP contribution in [0.25, 0.3) is 0 Å². The standard InChI is InChI=1S/C28H26F2N4O2S/c1-34-27(32-33-28(34)37-18-21-9-5-6-10-23(21)30)24(17-19-7-3-2-4-8-19)31-26(36)16-15-25(35)20-11-13-22(29)14-12-20/h2-14,24H,15-18H2,1H3,(H,31,36). The summed E-state index contributed by atoms with van der Waals surface area (Å²) in [6.07, 6.45) is 0.453. The van der Waals surface area contributed by atoms with Gasteiger partial charge in [-0.1, -0.05) is 60.3 Å². The van der Waals surface area contributed by atoms with Crippen LogP contribution in [-0.4, -0.2) is 26.5 Å². The molecule has 0 aliphatic heterocycles. The maximum absolute atomic E-state index is 14.0. The molecule has 1 heterocycles. The second-order valence-electron chi connectivity index (χ2n) is 8.52.